The third-order valence-electron chi connectivity index (χ3n) is 4.85. The molecular formula is C22H28ClN3O. The standard InChI is InChI=1S/C22H28ClN3O/c1-22(2,3)21(27)24-18-9-10-20(19(23)15-18)26-13-11-25(12-14-26)16-17-7-5-4-6-8-17/h4-10,15H,11-14,16H2,1-3H3,(H,24,27). The lowest BCUT2D eigenvalue weighted by Crippen LogP contribution is -2.46. The topological polar surface area (TPSA) is 35.6 Å². The number of benzene rings is 2. The maximum atomic E-state index is 12.1. The van der Waals surface area contributed by atoms with Gasteiger partial charge in [0.1, 0.15) is 0 Å². The molecule has 0 spiro atoms. The third-order valence-corrected chi connectivity index (χ3v) is 5.15. The Labute approximate surface area is 167 Å². The van der Waals surface area contributed by atoms with Crippen LogP contribution in [0.15, 0.2) is 48.5 Å². The Morgan fingerprint density at radius 2 is 1.70 bits per heavy atom. The Kier molecular flexibility index (Phi) is 6.08. The lowest BCUT2D eigenvalue weighted by molar-refractivity contribution is -0.123. The quantitative estimate of drug-likeness (QED) is 0.832. The molecule has 0 aliphatic carbocycles. The van der Waals surface area contributed by atoms with E-state index < -0.39 is 5.41 Å². The number of piperazine rings is 1. The molecule has 0 aromatic heterocycles. The molecular weight excluding hydrogens is 358 g/mol. The van der Waals surface area contributed by atoms with Crippen molar-refractivity contribution in [3.63, 3.8) is 0 Å². The smallest absolute Gasteiger partial charge is 0.229 e. The van der Waals surface area contributed by atoms with E-state index in [1.807, 2.05) is 39.0 Å². The van der Waals surface area contributed by atoms with E-state index in [0.29, 0.717) is 5.02 Å². The van der Waals surface area contributed by atoms with E-state index in [4.69, 9.17) is 11.6 Å². The first kappa shape index (κ1) is 19.7. The number of nitrogens with one attached hydrogen (secondary N) is 1. The number of hydrogen-bond donors (Lipinski definition) is 1. The number of carbonyl (C=O) groups is 1. The molecule has 1 amide bonds. The SMILES string of the molecule is CC(C)(C)C(=O)Nc1ccc(N2CCN(Cc3ccccc3)CC2)c(Cl)c1. The Balaban J connectivity index is 1.59. The average Bonchev–Trinajstić information content (AvgIpc) is 2.63. The van der Waals surface area contributed by atoms with E-state index in [0.717, 1.165) is 44.1 Å². The minimum absolute atomic E-state index is 0.0131. The molecule has 1 fully saturated rings. The number of nitrogens with zero attached hydrogens (tertiary/aromatic N) is 2. The first-order valence-corrected chi connectivity index (χ1v) is 9.83. The summed E-state index contributed by atoms with van der Waals surface area (Å²) in [4.78, 5) is 16.9. The van der Waals surface area contributed by atoms with E-state index in [-0.39, 0.29) is 5.91 Å². The number of anilines is 2. The Morgan fingerprint density at radius 1 is 1.04 bits per heavy atom. The van der Waals surface area contributed by atoms with Crippen molar-refractivity contribution < 1.29 is 4.79 Å². The highest BCUT2D eigenvalue weighted by Gasteiger charge is 2.22. The second-order valence-corrected chi connectivity index (χ2v) is 8.53. The van der Waals surface area contributed by atoms with Crippen molar-refractivity contribution in [2.45, 2.75) is 27.3 Å². The van der Waals surface area contributed by atoms with Crippen LogP contribution in [-0.2, 0) is 11.3 Å². The average molecular weight is 386 g/mol. The van der Waals surface area contributed by atoms with E-state index in [9.17, 15) is 4.79 Å². The molecule has 1 N–H and O–H groups in total. The fourth-order valence-electron chi connectivity index (χ4n) is 3.15. The van der Waals surface area contributed by atoms with Crippen LogP contribution in [0, 0.1) is 5.41 Å². The minimum Gasteiger partial charge on any atom is -0.368 e. The third kappa shape index (κ3) is 5.24. The summed E-state index contributed by atoms with van der Waals surface area (Å²) in [7, 11) is 0. The van der Waals surface area contributed by atoms with Gasteiger partial charge < -0.3 is 10.2 Å². The summed E-state index contributed by atoms with van der Waals surface area (Å²) in [5, 5.41) is 3.62. The molecule has 0 bridgehead atoms. The summed E-state index contributed by atoms with van der Waals surface area (Å²) < 4.78 is 0. The minimum atomic E-state index is -0.430. The molecule has 1 aliphatic heterocycles. The zero-order valence-electron chi connectivity index (χ0n) is 16.3. The van der Waals surface area contributed by atoms with Gasteiger partial charge in [0.2, 0.25) is 5.91 Å². The van der Waals surface area contributed by atoms with Crippen molar-refractivity contribution in [1.82, 2.24) is 4.90 Å². The van der Waals surface area contributed by atoms with Gasteiger partial charge in [-0.25, -0.2) is 0 Å². The van der Waals surface area contributed by atoms with Crippen LogP contribution in [0.5, 0.6) is 0 Å². The lowest BCUT2D eigenvalue weighted by Gasteiger charge is -2.36. The number of amides is 1. The molecule has 2 aromatic rings. The molecule has 1 aliphatic rings. The maximum Gasteiger partial charge on any atom is 0.229 e. The van der Waals surface area contributed by atoms with Crippen molar-refractivity contribution >= 4 is 28.9 Å². The first-order valence-electron chi connectivity index (χ1n) is 9.45. The summed E-state index contributed by atoms with van der Waals surface area (Å²) in [5.41, 5.74) is 2.69. The second kappa shape index (κ2) is 8.32. The van der Waals surface area contributed by atoms with Gasteiger partial charge in [-0.2, -0.15) is 0 Å². The van der Waals surface area contributed by atoms with E-state index in [1.54, 1.807) is 0 Å². The molecule has 5 heteroatoms. The summed E-state index contributed by atoms with van der Waals surface area (Å²) in [6.07, 6.45) is 0. The molecule has 0 atom stereocenters. The van der Waals surface area contributed by atoms with Gasteiger partial charge in [-0.15, -0.1) is 0 Å². The van der Waals surface area contributed by atoms with Crippen molar-refractivity contribution in [1.29, 1.82) is 0 Å². The van der Waals surface area contributed by atoms with Crippen LogP contribution in [0.2, 0.25) is 5.02 Å². The number of carbonyl (C=O) groups excluding carboxylic acids is 1. The van der Waals surface area contributed by atoms with Gasteiger partial charge in [0.15, 0.2) is 0 Å². The summed E-state index contributed by atoms with van der Waals surface area (Å²) >= 11 is 6.52. The lowest BCUT2D eigenvalue weighted by atomic mass is 9.95. The van der Waals surface area contributed by atoms with E-state index in [2.05, 4.69) is 45.4 Å². The van der Waals surface area contributed by atoms with E-state index in [1.165, 1.54) is 5.56 Å². The normalized spacial score (nSPS) is 15.6. The summed E-state index contributed by atoms with van der Waals surface area (Å²) in [6, 6.07) is 16.4. The maximum absolute atomic E-state index is 12.1. The van der Waals surface area contributed by atoms with Crippen molar-refractivity contribution in [3.05, 3.63) is 59.1 Å². The Hall–Kier alpha value is -2.04. The van der Waals surface area contributed by atoms with Gasteiger partial charge in [-0.05, 0) is 23.8 Å². The van der Waals surface area contributed by atoms with Crippen LogP contribution in [0.25, 0.3) is 0 Å². The van der Waals surface area contributed by atoms with Crippen molar-refractivity contribution in [3.8, 4) is 0 Å². The molecule has 0 unspecified atom stereocenters. The highest BCUT2D eigenvalue weighted by atomic mass is 35.5. The van der Waals surface area contributed by atoms with Crippen LogP contribution in [0.3, 0.4) is 0 Å². The Bertz CT molecular complexity index is 778. The van der Waals surface area contributed by atoms with Crippen LogP contribution in [0.1, 0.15) is 26.3 Å². The molecule has 4 nitrogen and oxygen atoms in total. The largest absolute Gasteiger partial charge is 0.368 e. The second-order valence-electron chi connectivity index (χ2n) is 8.12. The zero-order chi connectivity index (χ0) is 19.4. The molecule has 1 saturated heterocycles. The molecule has 27 heavy (non-hydrogen) atoms. The number of hydrogen-bond acceptors (Lipinski definition) is 3. The monoisotopic (exact) mass is 385 g/mol. The van der Waals surface area contributed by atoms with Gasteiger partial charge in [-0.3, -0.25) is 9.69 Å². The predicted molar refractivity (Wildman–Crippen MR) is 113 cm³/mol. The van der Waals surface area contributed by atoms with Gasteiger partial charge in [-0.1, -0.05) is 62.7 Å². The van der Waals surface area contributed by atoms with Crippen LogP contribution >= 0.6 is 11.6 Å². The first-order chi connectivity index (χ1) is 12.8. The predicted octanol–water partition coefficient (Wildman–Crippen LogP) is 4.65. The number of halogens is 1. The molecule has 144 valence electrons. The van der Waals surface area contributed by atoms with Crippen LogP contribution < -0.4 is 10.2 Å². The fraction of sp³-hybridized carbons (Fsp3) is 0.409. The number of rotatable bonds is 4. The van der Waals surface area contributed by atoms with Crippen molar-refractivity contribution in [2.75, 3.05) is 36.4 Å². The zero-order valence-corrected chi connectivity index (χ0v) is 17.1. The molecule has 0 radical (unpaired) electrons. The highest BCUT2D eigenvalue weighted by Crippen LogP contribution is 2.30. The molecule has 2 aromatic carbocycles. The van der Waals surface area contributed by atoms with Gasteiger partial charge in [0.25, 0.3) is 0 Å². The molecule has 3 rings (SSSR count). The van der Waals surface area contributed by atoms with Gasteiger partial charge in [0.05, 0.1) is 10.7 Å². The highest BCUT2D eigenvalue weighted by molar-refractivity contribution is 6.33. The van der Waals surface area contributed by atoms with Crippen LogP contribution in [-0.4, -0.2) is 37.0 Å². The van der Waals surface area contributed by atoms with E-state index >= 15 is 0 Å². The van der Waals surface area contributed by atoms with Crippen LogP contribution in [0.4, 0.5) is 11.4 Å². The molecule has 1 heterocycles. The van der Waals surface area contributed by atoms with Crippen molar-refractivity contribution in [2.24, 2.45) is 5.41 Å². The van der Waals surface area contributed by atoms with Gasteiger partial charge >= 0.3 is 0 Å². The summed E-state index contributed by atoms with van der Waals surface area (Å²) in [5.74, 6) is -0.0131. The Morgan fingerprint density at radius 3 is 2.30 bits per heavy atom. The molecule has 0 saturated carbocycles. The van der Waals surface area contributed by atoms with Gasteiger partial charge in [0, 0.05) is 43.8 Å². The fourth-order valence-corrected chi connectivity index (χ4v) is 3.45. The summed E-state index contributed by atoms with van der Waals surface area (Å²) in [6.45, 7) is 10.6.